The van der Waals surface area contributed by atoms with Crippen molar-refractivity contribution in [2.24, 2.45) is 5.73 Å². The Morgan fingerprint density at radius 1 is 1.18 bits per heavy atom. The highest BCUT2D eigenvalue weighted by molar-refractivity contribution is 6.30. The molecular weight excluding hydrogens is 296 g/mol. The van der Waals surface area contributed by atoms with Crippen LogP contribution < -0.4 is 11.1 Å². The number of amides is 1. The predicted molar refractivity (Wildman–Crippen MR) is 91.6 cm³/mol. The summed E-state index contributed by atoms with van der Waals surface area (Å²) in [5.74, 6) is 0.0307. The van der Waals surface area contributed by atoms with Gasteiger partial charge in [0, 0.05) is 24.0 Å². The number of carbonyl (C=O) groups is 1. The number of rotatable bonds is 6. The molecule has 116 valence electrons. The van der Waals surface area contributed by atoms with E-state index in [1.165, 1.54) is 0 Å². The molecule has 0 heterocycles. The van der Waals surface area contributed by atoms with Crippen LogP contribution in [0.1, 0.15) is 25.3 Å². The molecule has 0 aliphatic rings. The molecule has 0 aromatic heterocycles. The van der Waals surface area contributed by atoms with Gasteiger partial charge in [-0.15, -0.1) is 0 Å². The molecule has 2 aromatic carbocycles. The molecule has 3 N–H and O–H groups in total. The number of hydrogen-bond donors (Lipinski definition) is 2. The van der Waals surface area contributed by atoms with Gasteiger partial charge in [0.15, 0.2) is 0 Å². The summed E-state index contributed by atoms with van der Waals surface area (Å²) in [6.07, 6.45) is 1.16. The fourth-order valence-corrected chi connectivity index (χ4v) is 2.35. The summed E-state index contributed by atoms with van der Waals surface area (Å²) in [5, 5.41) is 3.67. The van der Waals surface area contributed by atoms with Crippen LogP contribution >= 0.6 is 11.6 Å². The summed E-state index contributed by atoms with van der Waals surface area (Å²) in [7, 11) is 0. The van der Waals surface area contributed by atoms with Crippen molar-refractivity contribution in [1.29, 1.82) is 0 Å². The quantitative estimate of drug-likeness (QED) is 0.852. The van der Waals surface area contributed by atoms with Crippen LogP contribution in [0.5, 0.6) is 0 Å². The molecule has 0 spiro atoms. The Balaban J connectivity index is 2.06. The van der Waals surface area contributed by atoms with Gasteiger partial charge in [-0.25, -0.2) is 0 Å². The summed E-state index contributed by atoms with van der Waals surface area (Å²) in [6, 6.07) is 15.8. The molecule has 3 nitrogen and oxygen atoms in total. The maximum absolute atomic E-state index is 11.8. The Labute approximate surface area is 136 Å². The molecule has 0 aliphatic carbocycles. The molecule has 1 unspecified atom stereocenters. The van der Waals surface area contributed by atoms with E-state index in [9.17, 15) is 4.79 Å². The second kappa shape index (κ2) is 7.97. The normalized spacial score (nSPS) is 12.0. The van der Waals surface area contributed by atoms with Crippen LogP contribution in [0.3, 0.4) is 0 Å². The number of hydrogen-bond acceptors (Lipinski definition) is 2. The first kappa shape index (κ1) is 16.5. The molecular formula is C18H21ClN2O. The number of carbonyl (C=O) groups excluding carboxylic acids is 1. The number of nitrogens with one attached hydrogen (secondary N) is 1. The molecule has 4 heteroatoms. The van der Waals surface area contributed by atoms with Crippen molar-refractivity contribution < 1.29 is 4.79 Å². The average molecular weight is 317 g/mol. The summed E-state index contributed by atoms with van der Waals surface area (Å²) < 4.78 is 0. The minimum atomic E-state index is 0.0307. The van der Waals surface area contributed by atoms with Crippen LogP contribution in [-0.4, -0.2) is 11.9 Å². The van der Waals surface area contributed by atoms with Crippen LogP contribution in [0.4, 0.5) is 0 Å². The summed E-state index contributed by atoms with van der Waals surface area (Å²) in [4.78, 5) is 11.8. The number of nitrogens with two attached hydrogens (primary N) is 1. The minimum absolute atomic E-state index is 0.0307. The SMILES string of the molecule is CC(N)CCC(=O)NCc1ccccc1-c1ccc(Cl)cc1. The molecule has 0 saturated heterocycles. The van der Waals surface area contributed by atoms with Crippen molar-refractivity contribution in [3.63, 3.8) is 0 Å². The van der Waals surface area contributed by atoms with E-state index in [-0.39, 0.29) is 11.9 Å². The summed E-state index contributed by atoms with van der Waals surface area (Å²) >= 11 is 5.93. The zero-order valence-electron chi connectivity index (χ0n) is 12.7. The third-order valence-corrected chi connectivity index (χ3v) is 3.73. The van der Waals surface area contributed by atoms with Gasteiger partial charge in [-0.2, -0.15) is 0 Å². The predicted octanol–water partition coefficient (Wildman–Crippen LogP) is 3.75. The van der Waals surface area contributed by atoms with Crippen LogP contribution in [0, 0.1) is 0 Å². The minimum Gasteiger partial charge on any atom is -0.352 e. The van der Waals surface area contributed by atoms with Gasteiger partial charge in [0.05, 0.1) is 0 Å². The summed E-state index contributed by atoms with van der Waals surface area (Å²) in [6.45, 7) is 2.42. The van der Waals surface area contributed by atoms with E-state index < -0.39 is 0 Å². The van der Waals surface area contributed by atoms with Gasteiger partial charge >= 0.3 is 0 Å². The smallest absolute Gasteiger partial charge is 0.220 e. The van der Waals surface area contributed by atoms with Crippen LogP contribution in [0.2, 0.25) is 5.02 Å². The average Bonchev–Trinajstić information content (AvgIpc) is 2.52. The topological polar surface area (TPSA) is 55.1 Å². The number of halogens is 1. The van der Waals surface area contributed by atoms with Crippen molar-refractivity contribution in [2.45, 2.75) is 32.4 Å². The van der Waals surface area contributed by atoms with E-state index in [0.29, 0.717) is 24.4 Å². The van der Waals surface area contributed by atoms with E-state index in [1.54, 1.807) is 0 Å². The zero-order valence-corrected chi connectivity index (χ0v) is 13.4. The van der Waals surface area contributed by atoms with Gasteiger partial charge in [-0.05, 0) is 42.2 Å². The highest BCUT2D eigenvalue weighted by Crippen LogP contribution is 2.25. The number of benzene rings is 2. The van der Waals surface area contributed by atoms with E-state index in [2.05, 4.69) is 5.32 Å². The van der Waals surface area contributed by atoms with Gasteiger partial charge < -0.3 is 11.1 Å². The monoisotopic (exact) mass is 316 g/mol. The molecule has 1 amide bonds. The molecule has 0 radical (unpaired) electrons. The lowest BCUT2D eigenvalue weighted by Crippen LogP contribution is -2.25. The van der Waals surface area contributed by atoms with Crippen molar-refractivity contribution in [2.75, 3.05) is 0 Å². The van der Waals surface area contributed by atoms with E-state index in [1.807, 2.05) is 55.5 Å². The largest absolute Gasteiger partial charge is 0.352 e. The maximum Gasteiger partial charge on any atom is 0.220 e. The van der Waals surface area contributed by atoms with Crippen molar-refractivity contribution in [3.05, 3.63) is 59.1 Å². The molecule has 0 saturated carbocycles. The van der Waals surface area contributed by atoms with Crippen LogP contribution in [0.15, 0.2) is 48.5 Å². The maximum atomic E-state index is 11.8. The van der Waals surface area contributed by atoms with Crippen LogP contribution in [-0.2, 0) is 11.3 Å². The van der Waals surface area contributed by atoms with E-state index in [4.69, 9.17) is 17.3 Å². The lowest BCUT2D eigenvalue weighted by Gasteiger charge is -2.11. The first-order valence-corrected chi connectivity index (χ1v) is 7.80. The third-order valence-electron chi connectivity index (χ3n) is 3.48. The van der Waals surface area contributed by atoms with Crippen molar-refractivity contribution >= 4 is 17.5 Å². The van der Waals surface area contributed by atoms with Gasteiger partial charge in [-0.1, -0.05) is 48.0 Å². The lowest BCUT2D eigenvalue weighted by molar-refractivity contribution is -0.121. The molecule has 2 aromatic rings. The second-order valence-corrected chi connectivity index (χ2v) is 5.89. The Kier molecular flexibility index (Phi) is 5.99. The van der Waals surface area contributed by atoms with Crippen LogP contribution in [0.25, 0.3) is 11.1 Å². The third kappa shape index (κ3) is 4.86. The van der Waals surface area contributed by atoms with Crippen molar-refractivity contribution in [1.82, 2.24) is 5.32 Å². The fourth-order valence-electron chi connectivity index (χ4n) is 2.23. The Morgan fingerprint density at radius 2 is 1.86 bits per heavy atom. The summed E-state index contributed by atoms with van der Waals surface area (Å²) in [5.41, 5.74) is 8.94. The molecule has 0 bridgehead atoms. The van der Waals surface area contributed by atoms with E-state index in [0.717, 1.165) is 16.7 Å². The molecule has 0 aliphatic heterocycles. The highest BCUT2D eigenvalue weighted by Gasteiger charge is 2.07. The first-order chi connectivity index (χ1) is 10.6. The van der Waals surface area contributed by atoms with E-state index >= 15 is 0 Å². The van der Waals surface area contributed by atoms with Gasteiger partial charge in [0.25, 0.3) is 0 Å². The standard InChI is InChI=1S/C18H21ClN2O/c1-13(20)6-11-18(22)21-12-15-4-2-3-5-17(15)14-7-9-16(19)10-8-14/h2-5,7-10,13H,6,11-12,20H2,1H3,(H,21,22). The Morgan fingerprint density at radius 3 is 2.55 bits per heavy atom. The van der Waals surface area contributed by atoms with Gasteiger partial charge in [-0.3, -0.25) is 4.79 Å². The Hall–Kier alpha value is -1.84. The molecule has 2 rings (SSSR count). The van der Waals surface area contributed by atoms with Crippen molar-refractivity contribution in [3.8, 4) is 11.1 Å². The highest BCUT2D eigenvalue weighted by atomic mass is 35.5. The van der Waals surface area contributed by atoms with Gasteiger partial charge in [0.2, 0.25) is 5.91 Å². The molecule has 22 heavy (non-hydrogen) atoms. The second-order valence-electron chi connectivity index (χ2n) is 5.46. The molecule has 1 atom stereocenters. The lowest BCUT2D eigenvalue weighted by atomic mass is 9.99. The first-order valence-electron chi connectivity index (χ1n) is 7.42. The fraction of sp³-hybridized carbons (Fsp3) is 0.278. The van der Waals surface area contributed by atoms with Gasteiger partial charge in [0.1, 0.15) is 0 Å². The zero-order chi connectivity index (χ0) is 15.9. The molecule has 0 fully saturated rings. The Bertz CT molecular complexity index is 623.